The van der Waals surface area contributed by atoms with Crippen LogP contribution in [-0.2, 0) is 9.47 Å². The first kappa shape index (κ1) is 14.1. The summed E-state index contributed by atoms with van der Waals surface area (Å²) >= 11 is 0. The number of nitrogens with one attached hydrogen (secondary N) is 1. The molecule has 1 unspecified atom stereocenters. The Bertz CT molecular complexity index is 633. The molecule has 0 spiro atoms. The second kappa shape index (κ2) is 5.53. The average Bonchev–Trinajstić information content (AvgIpc) is 3.07. The monoisotopic (exact) mass is 295 g/mol. The van der Waals surface area contributed by atoms with E-state index in [0.29, 0.717) is 17.0 Å². The lowest BCUT2D eigenvalue weighted by Gasteiger charge is -2.19. The van der Waals surface area contributed by atoms with Crippen molar-refractivity contribution in [1.29, 1.82) is 0 Å². The Balaban J connectivity index is 2.04. The molecule has 1 aliphatic rings. The van der Waals surface area contributed by atoms with Gasteiger partial charge in [-0.05, 0) is 0 Å². The second-order valence-corrected chi connectivity index (χ2v) is 4.73. The van der Waals surface area contributed by atoms with E-state index in [1.165, 1.54) is 13.4 Å². The zero-order chi connectivity index (χ0) is 15.0. The van der Waals surface area contributed by atoms with Crippen molar-refractivity contribution in [2.75, 3.05) is 26.1 Å². The lowest BCUT2D eigenvalue weighted by molar-refractivity contribution is -0.0583. The minimum atomic E-state index is -0.923. The Kier molecular flexibility index (Phi) is 3.72. The summed E-state index contributed by atoms with van der Waals surface area (Å²) in [6, 6.07) is 0. The van der Waals surface area contributed by atoms with Crippen LogP contribution < -0.4 is 5.32 Å². The van der Waals surface area contributed by atoms with E-state index in [-0.39, 0.29) is 6.61 Å². The van der Waals surface area contributed by atoms with Gasteiger partial charge in [-0.3, -0.25) is 4.57 Å². The van der Waals surface area contributed by atoms with Gasteiger partial charge in [-0.2, -0.15) is 0 Å². The van der Waals surface area contributed by atoms with Gasteiger partial charge in [-0.1, -0.05) is 0 Å². The highest BCUT2D eigenvalue weighted by molar-refractivity contribution is 5.82. The van der Waals surface area contributed by atoms with Crippen LogP contribution in [0.4, 0.5) is 5.82 Å². The van der Waals surface area contributed by atoms with Crippen LogP contribution >= 0.6 is 0 Å². The van der Waals surface area contributed by atoms with Crippen molar-refractivity contribution in [3.8, 4) is 0 Å². The van der Waals surface area contributed by atoms with Crippen molar-refractivity contribution in [3.63, 3.8) is 0 Å². The molecule has 3 N–H and O–H groups in total. The minimum Gasteiger partial charge on any atom is -0.394 e. The molecule has 0 radical (unpaired) electrons. The van der Waals surface area contributed by atoms with Crippen LogP contribution in [0.3, 0.4) is 0 Å². The Morgan fingerprint density at radius 1 is 1.43 bits per heavy atom. The first-order valence-electron chi connectivity index (χ1n) is 6.53. The van der Waals surface area contributed by atoms with Crippen LogP contribution in [0.5, 0.6) is 0 Å². The van der Waals surface area contributed by atoms with Crippen LogP contribution in [0, 0.1) is 0 Å². The van der Waals surface area contributed by atoms with E-state index >= 15 is 0 Å². The van der Waals surface area contributed by atoms with Gasteiger partial charge in [-0.25, -0.2) is 15.0 Å². The molecular formula is C12H17N5O4. The van der Waals surface area contributed by atoms with Crippen LogP contribution in [-0.4, -0.2) is 68.8 Å². The van der Waals surface area contributed by atoms with Crippen molar-refractivity contribution in [1.82, 2.24) is 19.5 Å². The van der Waals surface area contributed by atoms with E-state index in [1.54, 1.807) is 17.9 Å². The number of hydrogen-bond donors (Lipinski definition) is 3. The molecule has 1 aliphatic heterocycles. The van der Waals surface area contributed by atoms with Gasteiger partial charge in [0.15, 0.2) is 17.7 Å². The molecule has 0 bridgehead atoms. The number of anilines is 1. The zero-order valence-electron chi connectivity index (χ0n) is 11.7. The third-order valence-corrected chi connectivity index (χ3v) is 3.63. The summed E-state index contributed by atoms with van der Waals surface area (Å²) in [5, 5.41) is 22.3. The lowest BCUT2D eigenvalue weighted by Crippen LogP contribution is -2.34. The molecule has 9 heteroatoms. The van der Waals surface area contributed by atoms with E-state index in [0.717, 1.165) is 0 Å². The van der Waals surface area contributed by atoms with Gasteiger partial charge in [0.2, 0.25) is 0 Å². The third-order valence-electron chi connectivity index (χ3n) is 3.63. The first-order chi connectivity index (χ1) is 10.2. The maximum Gasteiger partial charge on any atom is 0.167 e. The second-order valence-electron chi connectivity index (χ2n) is 4.73. The molecule has 4 atom stereocenters. The highest BCUT2D eigenvalue weighted by atomic mass is 16.6. The van der Waals surface area contributed by atoms with E-state index < -0.39 is 24.5 Å². The molecule has 0 aliphatic carbocycles. The molecule has 0 aromatic carbocycles. The molecule has 1 saturated heterocycles. The number of aliphatic hydroxyl groups excluding tert-OH is 2. The fraction of sp³-hybridized carbons (Fsp3) is 0.583. The fourth-order valence-corrected chi connectivity index (χ4v) is 2.57. The smallest absolute Gasteiger partial charge is 0.167 e. The van der Waals surface area contributed by atoms with Gasteiger partial charge < -0.3 is 25.0 Å². The number of aliphatic hydroxyl groups is 2. The number of aromatic nitrogens is 4. The summed E-state index contributed by atoms with van der Waals surface area (Å²) in [6.45, 7) is -0.291. The van der Waals surface area contributed by atoms with Gasteiger partial charge in [0.1, 0.15) is 30.2 Å². The molecule has 21 heavy (non-hydrogen) atoms. The quantitative estimate of drug-likeness (QED) is 0.667. The van der Waals surface area contributed by atoms with Gasteiger partial charge in [-0.15, -0.1) is 0 Å². The predicted molar refractivity (Wildman–Crippen MR) is 72.7 cm³/mol. The van der Waals surface area contributed by atoms with Gasteiger partial charge >= 0.3 is 0 Å². The van der Waals surface area contributed by atoms with Crippen molar-refractivity contribution in [2.45, 2.75) is 24.5 Å². The maximum atomic E-state index is 10.1. The molecule has 114 valence electrons. The Morgan fingerprint density at radius 3 is 2.90 bits per heavy atom. The largest absolute Gasteiger partial charge is 0.394 e. The number of rotatable bonds is 4. The number of nitrogens with zero attached hydrogens (tertiary/aromatic N) is 4. The predicted octanol–water partition coefficient (Wildman–Crippen LogP) is -0.866. The molecule has 2 aromatic rings. The Labute approximate surface area is 120 Å². The lowest BCUT2D eigenvalue weighted by atomic mass is 10.1. The summed E-state index contributed by atoms with van der Waals surface area (Å²) < 4.78 is 12.6. The van der Waals surface area contributed by atoms with Gasteiger partial charge in [0, 0.05) is 14.2 Å². The van der Waals surface area contributed by atoms with E-state index in [2.05, 4.69) is 20.3 Å². The highest BCUT2D eigenvalue weighted by Crippen LogP contribution is 2.33. The molecule has 2 aromatic heterocycles. The fourth-order valence-electron chi connectivity index (χ4n) is 2.57. The van der Waals surface area contributed by atoms with Crippen LogP contribution in [0.1, 0.15) is 6.23 Å². The van der Waals surface area contributed by atoms with E-state index in [1.807, 2.05) is 0 Å². The van der Waals surface area contributed by atoms with Crippen molar-refractivity contribution >= 4 is 17.0 Å². The average molecular weight is 295 g/mol. The number of ether oxygens (including phenoxy) is 2. The van der Waals surface area contributed by atoms with Gasteiger partial charge in [0.05, 0.1) is 12.9 Å². The minimum absolute atomic E-state index is 0.291. The molecule has 0 saturated carbocycles. The molecular weight excluding hydrogens is 278 g/mol. The SMILES string of the molecule is CNc1ncnc2c1ncn2[C@@H]1O[C@H](CO)[C@H](O)C1OC. The van der Waals surface area contributed by atoms with Crippen molar-refractivity contribution in [3.05, 3.63) is 12.7 Å². The number of imidazole rings is 1. The van der Waals surface area contributed by atoms with Gasteiger partial charge in [0.25, 0.3) is 0 Å². The van der Waals surface area contributed by atoms with E-state index in [9.17, 15) is 10.2 Å². The molecule has 3 heterocycles. The number of fused-ring (bicyclic) bond motifs is 1. The standard InChI is InChI=1S/C12H17N5O4/c1-13-10-7-11(15-4-14-10)17(5-16-7)12-9(20-2)8(19)6(3-18)21-12/h4-6,8-9,12,18-19H,3H2,1-2H3,(H,13,14,15)/t6-,8+,9?,12-/m1/s1. The van der Waals surface area contributed by atoms with Crippen LogP contribution in [0.2, 0.25) is 0 Å². The summed E-state index contributed by atoms with van der Waals surface area (Å²) in [6.07, 6.45) is 0.113. The zero-order valence-corrected chi connectivity index (χ0v) is 11.7. The Morgan fingerprint density at radius 2 is 2.24 bits per heavy atom. The Hall–Kier alpha value is -1.81. The molecule has 3 rings (SSSR count). The molecule has 9 nitrogen and oxygen atoms in total. The van der Waals surface area contributed by atoms with Crippen LogP contribution in [0.15, 0.2) is 12.7 Å². The summed E-state index contributed by atoms with van der Waals surface area (Å²) in [7, 11) is 3.23. The van der Waals surface area contributed by atoms with Crippen molar-refractivity contribution in [2.24, 2.45) is 0 Å². The molecule has 0 amide bonds. The van der Waals surface area contributed by atoms with Crippen LogP contribution in [0.25, 0.3) is 11.2 Å². The third kappa shape index (κ3) is 2.14. The maximum absolute atomic E-state index is 10.1. The number of methoxy groups -OCH3 is 1. The molecule has 1 fully saturated rings. The van der Waals surface area contributed by atoms with Crippen molar-refractivity contribution < 1.29 is 19.7 Å². The first-order valence-corrected chi connectivity index (χ1v) is 6.53. The summed E-state index contributed by atoms with van der Waals surface area (Å²) in [5.41, 5.74) is 1.16. The van der Waals surface area contributed by atoms with E-state index in [4.69, 9.17) is 9.47 Å². The topological polar surface area (TPSA) is 115 Å². The summed E-state index contributed by atoms with van der Waals surface area (Å²) in [5.74, 6) is 0.602. The normalized spacial score (nSPS) is 29.1. The highest BCUT2D eigenvalue weighted by Gasteiger charge is 2.45. The number of hydrogen-bond acceptors (Lipinski definition) is 8. The summed E-state index contributed by atoms with van der Waals surface area (Å²) in [4.78, 5) is 12.6.